The summed E-state index contributed by atoms with van der Waals surface area (Å²) >= 11 is 5.67. The average Bonchev–Trinajstić information content (AvgIpc) is 2.71. The Kier molecular flexibility index (Phi) is 2.32. The summed E-state index contributed by atoms with van der Waals surface area (Å²) < 4.78 is 4.89. The van der Waals surface area contributed by atoms with E-state index in [4.69, 9.17) is 16.0 Å². The van der Waals surface area contributed by atoms with E-state index in [-0.39, 0.29) is 0 Å². The summed E-state index contributed by atoms with van der Waals surface area (Å²) in [5, 5.41) is 0. The molecular weight excluding hydrogens is 186 g/mol. The first-order valence-corrected chi connectivity index (χ1v) is 4.47. The Hall–Kier alpha value is -1.28. The topological polar surface area (TPSA) is 26.0 Å². The zero-order valence-electron chi connectivity index (χ0n) is 6.90. The van der Waals surface area contributed by atoms with Crippen LogP contribution in [0.2, 0.25) is 0 Å². The molecule has 13 heavy (non-hydrogen) atoms. The summed E-state index contributed by atoms with van der Waals surface area (Å²) in [6, 6.07) is 7.93. The minimum atomic E-state index is 0.541. The monoisotopic (exact) mass is 193 g/mol. The molecule has 0 bridgehead atoms. The van der Waals surface area contributed by atoms with Crippen LogP contribution in [0.4, 0.5) is 0 Å². The van der Waals surface area contributed by atoms with E-state index < -0.39 is 0 Å². The van der Waals surface area contributed by atoms with Crippen LogP contribution in [0.5, 0.6) is 0 Å². The molecule has 0 saturated carbocycles. The van der Waals surface area contributed by atoms with Gasteiger partial charge < -0.3 is 4.42 Å². The van der Waals surface area contributed by atoms with Crippen LogP contribution in [-0.4, -0.2) is 4.98 Å². The maximum atomic E-state index is 5.67. The van der Waals surface area contributed by atoms with Gasteiger partial charge in [-0.05, 0) is 5.56 Å². The highest BCUT2D eigenvalue weighted by Crippen LogP contribution is 2.17. The first kappa shape index (κ1) is 8.32. The van der Waals surface area contributed by atoms with Gasteiger partial charge in [-0.1, -0.05) is 24.3 Å². The van der Waals surface area contributed by atoms with Gasteiger partial charge in [0.05, 0.1) is 0 Å². The van der Waals surface area contributed by atoms with Crippen molar-refractivity contribution < 1.29 is 4.42 Å². The molecule has 0 saturated heterocycles. The molecule has 0 amide bonds. The number of halogens is 1. The fourth-order valence-corrected chi connectivity index (χ4v) is 1.30. The highest BCUT2D eigenvalue weighted by atomic mass is 35.5. The zero-order chi connectivity index (χ0) is 9.10. The van der Waals surface area contributed by atoms with Crippen LogP contribution < -0.4 is 0 Å². The largest absolute Gasteiger partial charge is 0.451 e. The molecule has 1 aromatic heterocycles. The Morgan fingerprint density at radius 2 is 2.00 bits per heavy atom. The lowest BCUT2D eigenvalue weighted by atomic mass is 10.1. The molecule has 2 rings (SSSR count). The summed E-state index contributed by atoms with van der Waals surface area (Å²) in [6.45, 7) is 0. The van der Waals surface area contributed by atoms with Crippen LogP contribution in [0.15, 0.2) is 41.3 Å². The molecule has 1 heterocycles. The van der Waals surface area contributed by atoms with Crippen LogP contribution in [0.25, 0.3) is 11.3 Å². The fraction of sp³-hybridized carbons (Fsp3) is 0.100. The molecule has 0 spiro atoms. The van der Waals surface area contributed by atoms with Crippen LogP contribution >= 0.6 is 11.6 Å². The molecule has 3 heteroatoms. The Morgan fingerprint density at radius 3 is 2.54 bits per heavy atom. The number of benzene rings is 1. The van der Waals surface area contributed by atoms with E-state index in [1.807, 2.05) is 24.3 Å². The lowest BCUT2D eigenvalue weighted by Gasteiger charge is -1.97. The number of alkyl halides is 1. The molecule has 0 aliphatic rings. The third-order valence-corrected chi connectivity index (χ3v) is 2.14. The maximum Gasteiger partial charge on any atom is 0.181 e. The van der Waals surface area contributed by atoms with Crippen LogP contribution in [0, 0.1) is 0 Å². The smallest absolute Gasteiger partial charge is 0.181 e. The quantitative estimate of drug-likeness (QED) is 0.686. The molecule has 0 atom stereocenters. The van der Waals surface area contributed by atoms with Crippen molar-refractivity contribution in [2.75, 3.05) is 0 Å². The van der Waals surface area contributed by atoms with Gasteiger partial charge in [-0.15, -0.1) is 11.6 Å². The van der Waals surface area contributed by atoms with Gasteiger partial charge in [0.15, 0.2) is 6.39 Å². The number of nitrogens with zero attached hydrogens (tertiary/aromatic N) is 1. The second-order valence-electron chi connectivity index (χ2n) is 2.70. The van der Waals surface area contributed by atoms with Gasteiger partial charge in [-0.3, -0.25) is 0 Å². The van der Waals surface area contributed by atoms with E-state index >= 15 is 0 Å². The van der Waals surface area contributed by atoms with Crippen molar-refractivity contribution in [3.05, 3.63) is 42.5 Å². The van der Waals surface area contributed by atoms with Crippen LogP contribution in [0.3, 0.4) is 0 Å². The third-order valence-electron chi connectivity index (χ3n) is 1.84. The maximum absolute atomic E-state index is 5.67. The van der Waals surface area contributed by atoms with E-state index in [9.17, 15) is 0 Å². The molecular formula is C10H8ClNO. The summed E-state index contributed by atoms with van der Waals surface area (Å²) in [5.74, 6) is 0.541. The predicted octanol–water partition coefficient (Wildman–Crippen LogP) is 3.08. The van der Waals surface area contributed by atoms with Crippen LogP contribution in [0.1, 0.15) is 5.56 Å². The number of hydrogen-bond acceptors (Lipinski definition) is 2. The molecule has 1 aromatic carbocycles. The first-order valence-electron chi connectivity index (χ1n) is 3.93. The van der Waals surface area contributed by atoms with Gasteiger partial charge in [0.25, 0.3) is 0 Å². The molecule has 0 aliphatic carbocycles. The SMILES string of the molecule is ClCc1ccc(-c2cocn2)cc1. The van der Waals surface area contributed by atoms with Crippen molar-refractivity contribution in [2.45, 2.75) is 5.88 Å². The van der Waals surface area contributed by atoms with Crippen molar-refractivity contribution in [1.82, 2.24) is 4.98 Å². The number of oxazole rings is 1. The van der Waals surface area contributed by atoms with Gasteiger partial charge in [0.1, 0.15) is 12.0 Å². The lowest BCUT2D eigenvalue weighted by Crippen LogP contribution is -1.79. The minimum absolute atomic E-state index is 0.541. The lowest BCUT2D eigenvalue weighted by molar-refractivity contribution is 0.558. The highest BCUT2D eigenvalue weighted by molar-refractivity contribution is 6.17. The Labute approximate surface area is 81.2 Å². The molecule has 0 N–H and O–H groups in total. The van der Waals surface area contributed by atoms with Crippen LogP contribution in [-0.2, 0) is 5.88 Å². The highest BCUT2D eigenvalue weighted by Gasteiger charge is 1.99. The summed E-state index contributed by atoms with van der Waals surface area (Å²) in [6.07, 6.45) is 3.04. The van der Waals surface area contributed by atoms with Crippen molar-refractivity contribution in [3.63, 3.8) is 0 Å². The molecule has 0 unspecified atom stereocenters. The van der Waals surface area contributed by atoms with Gasteiger partial charge in [0.2, 0.25) is 0 Å². The second-order valence-corrected chi connectivity index (χ2v) is 2.97. The number of rotatable bonds is 2. The molecule has 0 fully saturated rings. The number of aromatic nitrogens is 1. The predicted molar refractivity (Wildman–Crippen MR) is 51.5 cm³/mol. The van der Waals surface area contributed by atoms with Crippen molar-refractivity contribution >= 4 is 11.6 Å². The van der Waals surface area contributed by atoms with E-state index in [1.54, 1.807) is 6.26 Å². The van der Waals surface area contributed by atoms with Gasteiger partial charge in [-0.25, -0.2) is 4.98 Å². The second kappa shape index (κ2) is 3.62. The normalized spacial score (nSPS) is 10.2. The Bertz CT molecular complexity index is 366. The Morgan fingerprint density at radius 1 is 1.23 bits per heavy atom. The summed E-state index contributed by atoms with van der Waals surface area (Å²) in [7, 11) is 0. The summed E-state index contributed by atoms with van der Waals surface area (Å²) in [5.41, 5.74) is 3.00. The molecule has 0 aliphatic heterocycles. The van der Waals surface area contributed by atoms with Gasteiger partial charge in [0, 0.05) is 11.4 Å². The number of hydrogen-bond donors (Lipinski definition) is 0. The Balaban J connectivity index is 2.33. The molecule has 2 aromatic rings. The minimum Gasteiger partial charge on any atom is -0.451 e. The van der Waals surface area contributed by atoms with E-state index in [0.29, 0.717) is 5.88 Å². The summed E-state index contributed by atoms with van der Waals surface area (Å²) in [4.78, 5) is 4.04. The van der Waals surface area contributed by atoms with E-state index in [1.165, 1.54) is 6.39 Å². The van der Waals surface area contributed by atoms with Gasteiger partial charge in [-0.2, -0.15) is 0 Å². The molecule has 2 nitrogen and oxygen atoms in total. The van der Waals surface area contributed by atoms with Crippen molar-refractivity contribution in [1.29, 1.82) is 0 Å². The molecule has 0 radical (unpaired) electrons. The van der Waals surface area contributed by atoms with E-state index in [2.05, 4.69) is 4.98 Å². The van der Waals surface area contributed by atoms with Gasteiger partial charge >= 0.3 is 0 Å². The molecule has 66 valence electrons. The fourth-order valence-electron chi connectivity index (χ4n) is 1.12. The zero-order valence-corrected chi connectivity index (χ0v) is 7.66. The van der Waals surface area contributed by atoms with Crippen molar-refractivity contribution in [2.24, 2.45) is 0 Å². The van der Waals surface area contributed by atoms with Crippen molar-refractivity contribution in [3.8, 4) is 11.3 Å². The average molecular weight is 194 g/mol. The third kappa shape index (κ3) is 1.73. The first-order chi connectivity index (χ1) is 6.40. The standard InChI is InChI=1S/C10H8ClNO/c11-5-8-1-3-9(4-2-8)10-6-13-7-12-10/h1-4,6-7H,5H2. The van der Waals surface area contributed by atoms with E-state index in [0.717, 1.165) is 16.8 Å².